The van der Waals surface area contributed by atoms with Crippen LogP contribution in [-0.4, -0.2) is 51.7 Å². The lowest BCUT2D eigenvalue weighted by Gasteiger charge is -2.37. The predicted molar refractivity (Wildman–Crippen MR) is 156 cm³/mol. The van der Waals surface area contributed by atoms with Gasteiger partial charge in [-0.2, -0.15) is 4.98 Å². The third-order valence-electron chi connectivity index (χ3n) is 6.69. The fraction of sp³-hybridized carbons (Fsp3) is 0.296. The molecule has 1 aromatic carbocycles. The highest BCUT2D eigenvalue weighted by Crippen LogP contribution is 2.45. The summed E-state index contributed by atoms with van der Waals surface area (Å²) in [6, 6.07) is 5.71. The van der Waals surface area contributed by atoms with Gasteiger partial charge in [-0.1, -0.05) is 35.3 Å². The van der Waals surface area contributed by atoms with Gasteiger partial charge in [0.1, 0.15) is 17.6 Å². The van der Waals surface area contributed by atoms with Crippen LogP contribution in [0.5, 0.6) is 5.88 Å². The molecule has 4 aromatic rings. The summed E-state index contributed by atoms with van der Waals surface area (Å²) >= 11 is 12.6. The summed E-state index contributed by atoms with van der Waals surface area (Å²) < 4.78 is 7.63. The zero-order valence-corrected chi connectivity index (χ0v) is 24.3. The second kappa shape index (κ2) is 10.5. The molecule has 11 nitrogen and oxygen atoms in total. The topological polar surface area (TPSA) is 121 Å². The average molecular weight is 583 g/mol. The van der Waals surface area contributed by atoms with Crippen LogP contribution in [0.25, 0.3) is 11.4 Å². The van der Waals surface area contributed by atoms with Gasteiger partial charge in [0.25, 0.3) is 5.56 Å². The molecule has 1 aliphatic heterocycles. The Balaban J connectivity index is 1.83. The van der Waals surface area contributed by atoms with Crippen molar-refractivity contribution in [1.82, 2.24) is 24.5 Å². The number of halogens is 2. The van der Waals surface area contributed by atoms with Crippen molar-refractivity contribution in [1.29, 1.82) is 0 Å². The molecule has 2 amide bonds. The summed E-state index contributed by atoms with van der Waals surface area (Å²) in [4.78, 5) is 46.7. The number of aromatic nitrogens is 5. The number of hydrogen-bond acceptors (Lipinski definition) is 7. The number of ether oxygens (including phenoxy) is 1. The zero-order valence-electron chi connectivity index (χ0n) is 22.8. The molecular formula is C27H28Cl2N8O3. The van der Waals surface area contributed by atoms with Crippen LogP contribution in [0.2, 0.25) is 10.0 Å². The normalized spacial score (nSPS) is 14.8. The molecule has 0 bridgehead atoms. The standard InChI is InChI=1S/C27H28Cl2N8O3/c1-13(2)36-21-20(15-7-9-16(28)10-8-15)37(19-14(3)18(29)12-30-24(19)38)27(39)33-22(21)32-23(36)17-11-31-26(35(4)5)34-25(17)40-6/h7-13,20H,1-6H3,(H,30,38)(H,33,39). The fourth-order valence-corrected chi connectivity index (χ4v) is 5.13. The quantitative estimate of drug-likeness (QED) is 0.310. The highest BCUT2D eigenvalue weighted by atomic mass is 35.5. The molecule has 0 radical (unpaired) electrons. The van der Waals surface area contributed by atoms with Gasteiger partial charge in [0, 0.05) is 37.6 Å². The van der Waals surface area contributed by atoms with Gasteiger partial charge in [-0.25, -0.2) is 14.8 Å². The summed E-state index contributed by atoms with van der Waals surface area (Å²) in [5.41, 5.74) is 2.06. The predicted octanol–water partition coefficient (Wildman–Crippen LogP) is 5.44. The maximum atomic E-state index is 13.8. The summed E-state index contributed by atoms with van der Waals surface area (Å²) in [7, 11) is 5.20. The Morgan fingerprint density at radius 2 is 1.80 bits per heavy atom. The molecule has 0 fully saturated rings. The Labute approximate surface area is 240 Å². The molecule has 1 aliphatic rings. The van der Waals surface area contributed by atoms with Gasteiger partial charge in [0.15, 0.2) is 5.82 Å². The van der Waals surface area contributed by atoms with E-state index in [0.717, 1.165) is 5.56 Å². The third kappa shape index (κ3) is 4.54. The monoisotopic (exact) mass is 582 g/mol. The lowest BCUT2D eigenvalue weighted by molar-refractivity contribution is 0.254. The molecule has 40 heavy (non-hydrogen) atoms. The van der Waals surface area contributed by atoms with Gasteiger partial charge >= 0.3 is 6.03 Å². The van der Waals surface area contributed by atoms with Crippen molar-refractivity contribution in [2.24, 2.45) is 0 Å². The number of anilines is 3. The maximum absolute atomic E-state index is 13.8. The number of carbonyl (C=O) groups excluding carboxylic acids is 1. The first-order valence-corrected chi connectivity index (χ1v) is 13.2. The number of benzene rings is 1. The van der Waals surface area contributed by atoms with Crippen molar-refractivity contribution >= 4 is 46.7 Å². The van der Waals surface area contributed by atoms with Gasteiger partial charge in [-0.05, 0) is 44.0 Å². The summed E-state index contributed by atoms with van der Waals surface area (Å²) in [5, 5.41) is 3.75. The molecule has 1 atom stereocenters. The Hall–Kier alpha value is -4.09. The highest BCUT2D eigenvalue weighted by molar-refractivity contribution is 6.31. The van der Waals surface area contributed by atoms with Gasteiger partial charge in [-0.15, -0.1) is 0 Å². The molecule has 13 heteroatoms. The van der Waals surface area contributed by atoms with Crippen LogP contribution in [-0.2, 0) is 0 Å². The number of rotatable bonds is 6. The molecule has 0 aliphatic carbocycles. The van der Waals surface area contributed by atoms with Crippen LogP contribution in [0, 0.1) is 6.92 Å². The number of carbonyl (C=O) groups is 1. The highest BCUT2D eigenvalue weighted by Gasteiger charge is 2.42. The van der Waals surface area contributed by atoms with Gasteiger partial charge < -0.3 is 19.2 Å². The molecule has 0 spiro atoms. The number of nitrogens with one attached hydrogen (secondary N) is 2. The van der Waals surface area contributed by atoms with E-state index < -0.39 is 17.6 Å². The van der Waals surface area contributed by atoms with E-state index in [9.17, 15) is 9.59 Å². The fourth-order valence-electron chi connectivity index (χ4n) is 4.86. The Bertz CT molecular complexity index is 1660. The van der Waals surface area contributed by atoms with Gasteiger partial charge in [0.2, 0.25) is 11.8 Å². The van der Waals surface area contributed by atoms with E-state index in [1.165, 1.54) is 18.2 Å². The largest absolute Gasteiger partial charge is 0.480 e. The second-order valence-electron chi connectivity index (χ2n) is 9.81. The number of pyridine rings is 1. The molecule has 5 rings (SSSR count). The minimum absolute atomic E-state index is 0.130. The van der Waals surface area contributed by atoms with E-state index in [4.69, 9.17) is 32.9 Å². The van der Waals surface area contributed by atoms with Crippen LogP contribution in [0.1, 0.15) is 42.8 Å². The number of fused-ring (bicyclic) bond motifs is 1. The van der Waals surface area contributed by atoms with Crippen molar-refractivity contribution < 1.29 is 9.53 Å². The minimum atomic E-state index is -0.754. The van der Waals surface area contributed by atoms with E-state index in [-0.39, 0.29) is 11.7 Å². The number of H-pyrrole nitrogens is 1. The summed E-state index contributed by atoms with van der Waals surface area (Å²) in [5.74, 6) is 1.65. The van der Waals surface area contributed by atoms with Crippen molar-refractivity contribution in [3.05, 3.63) is 73.9 Å². The maximum Gasteiger partial charge on any atom is 0.328 e. The molecule has 0 saturated heterocycles. The average Bonchev–Trinajstić information content (AvgIpc) is 3.30. The first-order chi connectivity index (χ1) is 19.0. The van der Waals surface area contributed by atoms with E-state index in [0.29, 0.717) is 50.3 Å². The van der Waals surface area contributed by atoms with Crippen LogP contribution in [0.15, 0.2) is 41.5 Å². The van der Waals surface area contributed by atoms with Crippen LogP contribution in [0.4, 0.5) is 22.2 Å². The number of nitrogens with zero attached hydrogens (tertiary/aromatic N) is 6. The number of amides is 2. The third-order valence-corrected chi connectivity index (χ3v) is 7.33. The molecule has 3 aromatic heterocycles. The lowest BCUT2D eigenvalue weighted by Crippen LogP contribution is -2.46. The van der Waals surface area contributed by atoms with E-state index in [2.05, 4.69) is 20.3 Å². The smallest absolute Gasteiger partial charge is 0.328 e. The number of hydrogen-bond donors (Lipinski definition) is 2. The number of aromatic amines is 1. The summed E-state index contributed by atoms with van der Waals surface area (Å²) in [6.45, 7) is 5.71. The second-order valence-corrected chi connectivity index (χ2v) is 10.7. The van der Waals surface area contributed by atoms with Crippen LogP contribution < -0.4 is 25.4 Å². The number of methoxy groups -OCH3 is 1. The van der Waals surface area contributed by atoms with Crippen LogP contribution >= 0.6 is 23.2 Å². The van der Waals surface area contributed by atoms with Gasteiger partial charge in [-0.3, -0.25) is 15.0 Å². The molecule has 2 N–H and O–H groups in total. The van der Waals surface area contributed by atoms with Crippen molar-refractivity contribution in [2.75, 3.05) is 36.3 Å². The molecule has 4 heterocycles. The zero-order chi connectivity index (χ0) is 28.9. The summed E-state index contributed by atoms with van der Waals surface area (Å²) in [6.07, 6.45) is 3.06. The van der Waals surface area contributed by atoms with E-state index >= 15 is 0 Å². The molecule has 208 valence electrons. The van der Waals surface area contributed by atoms with E-state index in [1.807, 2.05) is 44.6 Å². The van der Waals surface area contributed by atoms with Crippen molar-refractivity contribution in [2.45, 2.75) is 32.9 Å². The first-order valence-electron chi connectivity index (χ1n) is 12.5. The SMILES string of the molecule is COc1nc(N(C)C)ncc1-c1nc2c(n1C(C)C)C(c1ccc(Cl)cc1)N(c1c(C)c(Cl)c[nH]c1=O)C(=O)N2. The first kappa shape index (κ1) is 27.5. The lowest BCUT2D eigenvalue weighted by atomic mass is 9.98. The van der Waals surface area contributed by atoms with Crippen molar-refractivity contribution in [3.63, 3.8) is 0 Å². The minimum Gasteiger partial charge on any atom is -0.480 e. The van der Waals surface area contributed by atoms with E-state index in [1.54, 1.807) is 30.2 Å². The molecule has 1 unspecified atom stereocenters. The Kier molecular flexibility index (Phi) is 7.19. The van der Waals surface area contributed by atoms with Crippen molar-refractivity contribution in [3.8, 4) is 17.3 Å². The Morgan fingerprint density at radius 1 is 1.10 bits per heavy atom. The van der Waals surface area contributed by atoms with Crippen LogP contribution in [0.3, 0.4) is 0 Å². The molecular weight excluding hydrogens is 555 g/mol. The van der Waals surface area contributed by atoms with Gasteiger partial charge in [0.05, 0.1) is 23.4 Å². The number of imidazole rings is 1. The Morgan fingerprint density at radius 3 is 2.42 bits per heavy atom. The number of urea groups is 1. The molecule has 0 saturated carbocycles.